The Morgan fingerprint density at radius 3 is 2.52 bits per heavy atom. The van der Waals surface area contributed by atoms with Crippen LogP contribution in [0, 0.1) is 6.92 Å². The van der Waals surface area contributed by atoms with Gasteiger partial charge in [-0.05, 0) is 25.1 Å². The highest BCUT2D eigenvalue weighted by Gasteiger charge is 2.31. The van der Waals surface area contributed by atoms with Gasteiger partial charge in [-0.2, -0.15) is 4.31 Å². The minimum Gasteiger partial charge on any atom is -0.469 e. The van der Waals surface area contributed by atoms with Gasteiger partial charge in [-0.1, -0.05) is 0 Å². The molecule has 1 aliphatic heterocycles. The molecule has 1 amide bonds. The largest absolute Gasteiger partial charge is 0.469 e. The number of nitrogens with zero attached hydrogens (tertiary/aromatic N) is 3. The number of furan rings is 1. The summed E-state index contributed by atoms with van der Waals surface area (Å²) < 4.78 is 31.6. The van der Waals surface area contributed by atoms with E-state index in [1.54, 1.807) is 24.0 Å². The monoisotopic (exact) mass is 335 g/mol. The predicted molar refractivity (Wildman–Crippen MR) is 82.3 cm³/mol. The molecule has 7 nitrogen and oxygen atoms in total. The molecule has 0 aliphatic carbocycles. The van der Waals surface area contributed by atoms with E-state index >= 15 is 0 Å². The van der Waals surface area contributed by atoms with Crippen LogP contribution >= 0.6 is 0 Å². The molecular weight excluding hydrogens is 318 g/mol. The van der Waals surface area contributed by atoms with E-state index in [0.717, 1.165) is 0 Å². The molecule has 3 heterocycles. The van der Waals surface area contributed by atoms with Crippen LogP contribution in [-0.4, -0.2) is 54.7 Å². The number of aromatic nitrogens is 1. The molecule has 0 saturated carbocycles. The van der Waals surface area contributed by atoms with Gasteiger partial charge in [0, 0.05) is 38.6 Å². The van der Waals surface area contributed by atoms with Gasteiger partial charge >= 0.3 is 0 Å². The van der Waals surface area contributed by atoms with Crippen LogP contribution in [0.4, 0.5) is 0 Å². The summed E-state index contributed by atoms with van der Waals surface area (Å²) in [6.45, 7) is 2.96. The SMILES string of the molecule is Cc1occc1C(=O)N1CCN(S(=O)(=O)c2cccnc2)CC1. The Morgan fingerprint density at radius 2 is 1.96 bits per heavy atom. The minimum absolute atomic E-state index is 0.130. The lowest BCUT2D eigenvalue weighted by Gasteiger charge is -2.33. The zero-order valence-corrected chi connectivity index (χ0v) is 13.5. The van der Waals surface area contributed by atoms with E-state index in [1.165, 1.54) is 29.0 Å². The van der Waals surface area contributed by atoms with Crippen molar-refractivity contribution in [2.24, 2.45) is 0 Å². The summed E-state index contributed by atoms with van der Waals surface area (Å²) in [6.07, 6.45) is 4.34. The normalized spacial score (nSPS) is 16.5. The zero-order chi connectivity index (χ0) is 16.4. The van der Waals surface area contributed by atoms with Gasteiger partial charge in [0.2, 0.25) is 10.0 Å². The number of carbonyl (C=O) groups is 1. The molecule has 0 spiro atoms. The number of sulfonamides is 1. The lowest BCUT2D eigenvalue weighted by molar-refractivity contribution is 0.0696. The topological polar surface area (TPSA) is 83.7 Å². The van der Waals surface area contributed by atoms with E-state index in [0.29, 0.717) is 24.4 Å². The Bertz CT molecular complexity index is 793. The maximum Gasteiger partial charge on any atom is 0.257 e. The van der Waals surface area contributed by atoms with E-state index in [1.807, 2.05) is 0 Å². The van der Waals surface area contributed by atoms with Crippen molar-refractivity contribution in [2.45, 2.75) is 11.8 Å². The first-order valence-corrected chi connectivity index (χ1v) is 8.67. The Kier molecular flexibility index (Phi) is 4.18. The molecule has 0 unspecified atom stereocenters. The molecule has 0 bridgehead atoms. The fraction of sp³-hybridized carbons (Fsp3) is 0.333. The molecule has 23 heavy (non-hydrogen) atoms. The molecule has 1 fully saturated rings. The van der Waals surface area contributed by atoms with E-state index in [2.05, 4.69) is 4.98 Å². The lowest BCUT2D eigenvalue weighted by atomic mass is 10.2. The van der Waals surface area contributed by atoms with Crippen LogP contribution < -0.4 is 0 Å². The fourth-order valence-electron chi connectivity index (χ4n) is 2.56. The van der Waals surface area contributed by atoms with Gasteiger partial charge in [-0.25, -0.2) is 8.42 Å². The highest BCUT2D eigenvalue weighted by atomic mass is 32.2. The quantitative estimate of drug-likeness (QED) is 0.839. The van der Waals surface area contributed by atoms with E-state index < -0.39 is 10.0 Å². The van der Waals surface area contributed by atoms with Gasteiger partial charge in [0.15, 0.2) is 0 Å². The number of rotatable bonds is 3. The summed E-state index contributed by atoms with van der Waals surface area (Å²) in [4.78, 5) is 18.1. The second-order valence-electron chi connectivity index (χ2n) is 5.28. The van der Waals surface area contributed by atoms with Crippen LogP contribution in [0.15, 0.2) is 46.2 Å². The molecule has 122 valence electrons. The molecule has 0 aromatic carbocycles. The summed E-state index contributed by atoms with van der Waals surface area (Å²) in [5, 5.41) is 0. The molecule has 0 radical (unpaired) electrons. The summed E-state index contributed by atoms with van der Waals surface area (Å²) in [5.41, 5.74) is 0.522. The summed E-state index contributed by atoms with van der Waals surface area (Å²) in [7, 11) is -3.56. The van der Waals surface area contributed by atoms with E-state index in [4.69, 9.17) is 4.42 Å². The molecule has 0 N–H and O–H groups in total. The molecule has 1 saturated heterocycles. The van der Waals surface area contributed by atoms with Crippen molar-refractivity contribution in [3.05, 3.63) is 48.2 Å². The van der Waals surface area contributed by atoms with E-state index in [9.17, 15) is 13.2 Å². The summed E-state index contributed by atoms with van der Waals surface area (Å²) >= 11 is 0. The Morgan fingerprint density at radius 1 is 1.22 bits per heavy atom. The van der Waals surface area contributed by atoms with Gasteiger partial charge in [0.25, 0.3) is 5.91 Å². The number of carbonyl (C=O) groups excluding carboxylic acids is 1. The van der Waals surface area contributed by atoms with Crippen LogP contribution in [0.5, 0.6) is 0 Å². The maximum absolute atomic E-state index is 12.5. The van der Waals surface area contributed by atoms with Crippen molar-refractivity contribution in [1.82, 2.24) is 14.2 Å². The number of aryl methyl sites for hydroxylation is 1. The van der Waals surface area contributed by atoms with Gasteiger partial charge in [0.1, 0.15) is 10.7 Å². The Balaban J connectivity index is 1.69. The Hall–Kier alpha value is -2.19. The van der Waals surface area contributed by atoms with E-state index in [-0.39, 0.29) is 23.9 Å². The van der Waals surface area contributed by atoms with Crippen LogP contribution in [0.1, 0.15) is 16.1 Å². The van der Waals surface area contributed by atoms with Gasteiger partial charge in [-0.3, -0.25) is 9.78 Å². The summed E-state index contributed by atoms with van der Waals surface area (Å²) in [6, 6.07) is 4.75. The summed E-state index contributed by atoms with van der Waals surface area (Å²) in [5.74, 6) is 0.440. The van der Waals surface area contributed by atoms with Gasteiger partial charge in [0.05, 0.1) is 11.8 Å². The molecule has 2 aromatic heterocycles. The molecule has 3 rings (SSSR count). The van der Waals surface area contributed by atoms with Crippen LogP contribution in [0.25, 0.3) is 0 Å². The minimum atomic E-state index is -3.56. The van der Waals surface area contributed by atoms with Crippen molar-refractivity contribution in [1.29, 1.82) is 0 Å². The van der Waals surface area contributed by atoms with Crippen LogP contribution in [-0.2, 0) is 10.0 Å². The van der Waals surface area contributed by atoms with Crippen molar-refractivity contribution in [3.63, 3.8) is 0 Å². The Labute approximate surface area is 134 Å². The van der Waals surface area contributed by atoms with Crippen molar-refractivity contribution < 1.29 is 17.6 Å². The van der Waals surface area contributed by atoms with Crippen molar-refractivity contribution in [2.75, 3.05) is 26.2 Å². The fourth-order valence-corrected chi connectivity index (χ4v) is 3.94. The molecule has 1 aliphatic rings. The number of hydrogen-bond acceptors (Lipinski definition) is 5. The molecular formula is C15H17N3O4S. The lowest BCUT2D eigenvalue weighted by Crippen LogP contribution is -2.50. The van der Waals surface area contributed by atoms with Crippen LogP contribution in [0.3, 0.4) is 0 Å². The molecule has 0 atom stereocenters. The van der Waals surface area contributed by atoms with Gasteiger partial charge in [-0.15, -0.1) is 0 Å². The second kappa shape index (κ2) is 6.13. The number of hydrogen-bond donors (Lipinski definition) is 0. The smallest absolute Gasteiger partial charge is 0.257 e. The first kappa shape index (κ1) is 15.7. The highest BCUT2D eigenvalue weighted by molar-refractivity contribution is 7.89. The first-order chi connectivity index (χ1) is 11.0. The molecule has 2 aromatic rings. The van der Waals surface area contributed by atoms with Crippen LogP contribution in [0.2, 0.25) is 0 Å². The average molecular weight is 335 g/mol. The number of amides is 1. The third-order valence-electron chi connectivity index (χ3n) is 3.89. The standard InChI is InChI=1S/C15H17N3O4S/c1-12-14(4-10-22-12)15(19)17-6-8-18(9-7-17)23(20,21)13-3-2-5-16-11-13/h2-5,10-11H,6-9H2,1H3. The van der Waals surface area contributed by atoms with Gasteiger partial charge < -0.3 is 9.32 Å². The highest BCUT2D eigenvalue weighted by Crippen LogP contribution is 2.18. The average Bonchev–Trinajstić information content (AvgIpc) is 3.01. The third-order valence-corrected chi connectivity index (χ3v) is 5.77. The predicted octanol–water partition coefficient (Wildman–Crippen LogP) is 1.13. The number of pyridine rings is 1. The van der Waals surface area contributed by atoms with Crippen molar-refractivity contribution in [3.8, 4) is 0 Å². The number of piperazine rings is 1. The molecule has 8 heteroatoms. The third kappa shape index (κ3) is 2.99. The maximum atomic E-state index is 12.5. The van der Waals surface area contributed by atoms with Crippen molar-refractivity contribution >= 4 is 15.9 Å². The second-order valence-corrected chi connectivity index (χ2v) is 7.21. The zero-order valence-electron chi connectivity index (χ0n) is 12.7. The first-order valence-electron chi connectivity index (χ1n) is 7.23.